The van der Waals surface area contributed by atoms with E-state index in [9.17, 15) is 9.59 Å². The number of carbonyl (C=O) groups is 1. The highest BCUT2D eigenvalue weighted by molar-refractivity contribution is 5.92. The maximum Gasteiger partial charge on any atom is 0.319 e. The zero-order chi connectivity index (χ0) is 28.8. The minimum atomic E-state index is -0.212. The van der Waals surface area contributed by atoms with Gasteiger partial charge in [0.05, 0.1) is 5.69 Å². The highest BCUT2D eigenvalue weighted by Crippen LogP contribution is 2.36. The van der Waals surface area contributed by atoms with Crippen molar-refractivity contribution < 1.29 is 9.53 Å². The van der Waals surface area contributed by atoms with Gasteiger partial charge in [-0.25, -0.2) is 4.98 Å². The molecule has 3 aromatic rings. The Morgan fingerprint density at radius 3 is 2.59 bits per heavy atom. The highest BCUT2D eigenvalue weighted by atomic mass is 16.5. The number of aryl methyl sites for hydroxylation is 2. The van der Waals surface area contributed by atoms with Crippen LogP contribution in [-0.2, 0) is 17.6 Å². The largest absolute Gasteiger partial charge is 0.462 e. The molecule has 4 heterocycles. The average molecular weight is 557 g/mol. The standard InChI is InChI=1S/C32H40N6O3/c1-6-27(39)23-16-19(2)37(20(3)17-23)30-28-29(34-32(35-30)41-18-24-12-9-15-36(24)5)31(40)38(21(4)33-28)26-14-8-11-22-10-7-13-25(22)26/h6,8,11,14,19-20,23-24H,1,7,9-10,12-13,15-18H2,2-5H3/t19-,20-,24-/m0/s1. The Hall–Kier alpha value is -3.59. The molecule has 9 heteroatoms. The summed E-state index contributed by atoms with van der Waals surface area (Å²) in [5, 5.41) is 0. The van der Waals surface area contributed by atoms with Crippen molar-refractivity contribution in [3.63, 3.8) is 0 Å². The van der Waals surface area contributed by atoms with Crippen LogP contribution in [0.15, 0.2) is 35.6 Å². The number of piperidine rings is 1. The molecule has 216 valence electrons. The Bertz CT molecular complexity index is 1550. The van der Waals surface area contributed by atoms with Crippen LogP contribution >= 0.6 is 0 Å². The lowest BCUT2D eigenvalue weighted by Gasteiger charge is -2.43. The molecule has 9 nitrogen and oxygen atoms in total. The Morgan fingerprint density at radius 2 is 1.88 bits per heavy atom. The summed E-state index contributed by atoms with van der Waals surface area (Å²) in [5.74, 6) is 1.20. The molecule has 3 atom stereocenters. The summed E-state index contributed by atoms with van der Waals surface area (Å²) < 4.78 is 7.93. The second-order valence-electron chi connectivity index (χ2n) is 12.1. The lowest BCUT2D eigenvalue weighted by Crippen LogP contribution is -2.49. The molecule has 2 aliphatic heterocycles. The quantitative estimate of drug-likeness (QED) is 0.400. The van der Waals surface area contributed by atoms with Gasteiger partial charge in [0.2, 0.25) is 0 Å². The molecule has 0 unspecified atom stereocenters. The summed E-state index contributed by atoms with van der Waals surface area (Å²) in [6.45, 7) is 11.3. The number of fused-ring (bicyclic) bond motifs is 2. The zero-order valence-corrected chi connectivity index (χ0v) is 24.6. The first-order valence-corrected chi connectivity index (χ1v) is 15.0. The van der Waals surface area contributed by atoms with Gasteiger partial charge in [0.1, 0.15) is 17.9 Å². The second-order valence-corrected chi connectivity index (χ2v) is 12.1. The highest BCUT2D eigenvalue weighted by Gasteiger charge is 2.36. The molecule has 0 saturated carbocycles. The van der Waals surface area contributed by atoms with Crippen molar-refractivity contribution >= 4 is 22.6 Å². The molecule has 3 aliphatic rings. The number of carbonyl (C=O) groups excluding carboxylic acids is 1. The number of benzene rings is 1. The molecule has 2 aromatic heterocycles. The van der Waals surface area contributed by atoms with Gasteiger partial charge in [0.15, 0.2) is 17.1 Å². The number of ether oxygens (including phenoxy) is 1. The molecule has 2 saturated heterocycles. The second kappa shape index (κ2) is 11.0. The van der Waals surface area contributed by atoms with Crippen LogP contribution < -0.4 is 15.2 Å². The van der Waals surface area contributed by atoms with Gasteiger partial charge in [-0.15, -0.1) is 0 Å². The van der Waals surface area contributed by atoms with Crippen molar-refractivity contribution in [1.29, 1.82) is 0 Å². The average Bonchev–Trinajstić information content (AvgIpc) is 3.60. The van der Waals surface area contributed by atoms with Gasteiger partial charge in [-0.3, -0.25) is 14.2 Å². The number of likely N-dealkylation sites (N-methyl/N-ethyl adjacent to an activating group) is 1. The Balaban J connectivity index is 1.48. The summed E-state index contributed by atoms with van der Waals surface area (Å²) in [5.41, 5.74) is 3.92. The third-order valence-corrected chi connectivity index (χ3v) is 9.34. The van der Waals surface area contributed by atoms with E-state index in [0.29, 0.717) is 36.6 Å². The smallest absolute Gasteiger partial charge is 0.319 e. The molecule has 0 radical (unpaired) electrons. The van der Waals surface area contributed by atoms with Crippen LogP contribution in [0.5, 0.6) is 6.01 Å². The first-order chi connectivity index (χ1) is 19.8. The molecule has 41 heavy (non-hydrogen) atoms. The van der Waals surface area contributed by atoms with Gasteiger partial charge in [-0.1, -0.05) is 18.7 Å². The number of rotatable bonds is 7. The summed E-state index contributed by atoms with van der Waals surface area (Å²) >= 11 is 0. The topological polar surface area (TPSA) is 93.5 Å². The number of anilines is 1. The van der Waals surface area contributed by atoms with E-state index in [0.717, 1.165) is 44.3 Å². The van der Waals surface area contributed by atoms with Gasteiger partial charge in [0, 0.05) is 24.0 Å². The molecule has 1 aliphatic carbocycles. The van der Waals surface area contributed by atoms with E-state index in [-0.39, 0.29) is 46.9 Å². The third kappa shape index (κ3) is 4.94. The minimum absolute atomic E-state index is 0.00138. The van der Waals surface area contributed by atoms with Gasteiger partial charge < -0.3 is 14.5 Å². The summed E-state index contributed by atoms with van der Waals surface area (Å²) in [4.78, 5) is 45.9. The van der Waals surface area contributed by atoms with Crippen molar-refractivity contribution in [2.75, 3.05) is 25.1 Å². The van der Waals surface area contributed by atoms with Crippen molar-refractivity contribution in [2.24, 2.45) is 5.92 Å². The lowest BCUT2D eigenvalue weighted by molar-refractivity contribution is -0.119. The van der Waals surface area contributed by atoms with Crippen molar-refractivity contribution in [1.82, 2.24) is 24.4 Å². The number of hydrogen-bond acceptors (Lipinski definition) is 8. The fraction of sp³-hybridized carbons (Fsp3) is 0.531. The predicted octanol–water partition coefficient (Wildman–Crippen LogP) is 4.19. The molecular formula is C32H40N6O3. The molecule has 0 spiro atoms. The lowest BCUT2D eigenvalue weighted by atomic mass is 9.84. The van der Waals surface area contributed by atoms with Crippen LogP contribution in [0.25, 0.3) is 16.7 Å². The van der Waals surface area contributed by atoms with Gasteiger partial charge >= 0.3 is 6.01 Å². The summed E-state index contributed by atoms with van der Waals surface area (Å²) in [6.07, 6.45) is 8.03. The number of ketones is 1. The van der Waals surface area contributed by atoms with Crippen LogP contribution in [0.1, 0.15) is 62.9 Å². The van der Waals surface area contributed by atoms with Crippen LogP contribution in [0.3, 0.4) is 0 Å². The number of nitrogens with zero attached hydrogens (tertiary/aromatic N) is 6. The van der Waals surface area contributed by atoms with Crippen LogP contribution in [0.4, 0.5) is 5.82 Å². The van der Waals surface area contributed by atoms with E-state index in [1.165, 1.54) is 17.2 Å². The molecule has 6 rings (SSSR count). The normalized spacial score (nSPS) is 24.5. The Morgan fingerprint density at radius 1 is 1.10 bits per heavy atom. The van der Waals surface area contributed by atoms with E-state index in [1.54, 1.807) is 4.57 Å². The van der Waals surface area contributed by atoms with E-state index >= 15 is 0 Å². The number of hydrogen-bond donors (Lipinski definition) is 0. The molecule has 0 bridgehead atoms. The van der Waals surface area contributed by atoms with Crippen molar-refractivity contribution in [3.8, 4) is 11.7 Å². The summed E-state index contributed by atoms with van der Waals surface area (Å²) in [6, 6.07) is 6.66. The van der Waals surface area contributed by atoms with Crippen LogP contribution in [-0.4, -0.2) is 68.5 Å². The molecule has 2 fully saturated rings. The number of aromatic nitrogens is 4. The van der Waals surface area contributed by atoms with Gasteiger partial charge in [-0.05, 0) is 103 Å². The van der Waals surface area contributed by atoms with Crippen LogP contribution in [0.2, 0.25) is 0 Å². The van der Waals surface area contributed by atoms with Gasteiger partial charge in [0.25, 0.3) is 5.56 Å². The predicted molar refractivity (Wildman–Crippen MR) is 160 cm³/mol. The molecular weight excluding hydrogens is 516 g/mol. The summed E-state index contributed by atoms with van der Waals surface area (Å²) in [7, 11) is 2.11. The van der Waals surface area contributed by atoms with Crippen molar-refractivity contribution in [3.05, 3.63) is 58.2 Å². The van der Waals surface area contributed by atoms with E-state index in [1.807, 2.05) is 19.1 Å². The molecule has 0 amide bonds. The fourth-order valence-electron chi connectivity index (χ4n) is 7.24. The number of allylic oxidation sites excluding steroid dienone is 1. The number of likely N-dealkylation sites (tertiary alicyclic amines) is 1. The molecule has 0 N–H and O–H groups in total. The minimum Gasteiger partial charge on any atom is -0.462 e. The van der Waals surface area contributed by atoms with Crippen LogP contribution in [0, 0.1) is 12.8 Å². The first kappa shape index (κ1) is 27.6. The van der Waals surface area contributed by atoms with Crippen molar-refractivity contribution in [2.45, 2.75) is 83.8 Å². The van der Waals surface area contributed by atoms with E-state index in [2.05, 4.69) is 43.3 Å². The Labute approximate surface area is 241 Å². The fourth-order valence-corrected chi connectivity index (χ4v) is 7.24. The molecule has 1 aromatic carbocycles. The van der Waals surface area contributed by atoms with E-state index < -0.39 is 0 Å². The maximum absolute atomic E-state index is 14.3. The van der Waals surface area contributed by atoms with Gasteiger partial charge in [-0.2, -0.15) is 9.97 Å². The SMILES string of the molecule is C=CC(=O)C1C[C@H](C)N(c2nc(OC[C@@H]3CCCN3C)nc3c(=O)n(-c4cccc5c4CCC5)c(C)nc23)[C@@H](C)C1. The maximum atomic E-state index is 14.3. The monoisotopic (exact) mass is 556 g/mol. The Kier molecular flexibility index (Phi) is 7.40. The third-order valence-electron chi connectivity index (χ3n) is 9.34. The zero-order valence-electron chi connectivity index (χ0n) is 24.6. The first-order valence-electron chi connectivity index (χ1n) is 15.0. The van der Waals surface area contributed by atoms with E-state index in [4.69, 9.17) is 19.7 Å².